The SMILES string of the molecule is CSCCNC(=O)c1ccccc1NN. The molecule has 1 aromatic carbocycles. The van der Waals surface area contributed by atoms with Gasteiger partial charge in [0, 0.05) is 12.3 Å². The second-order valence-corrected chi connectivity index (χ2v) is 3.92. The second kappa shape index (κ2) is 6.31. The first-order valence-electron chi connectivity index (χ1n) is 4.62. The molecule has 0 aromatic heterocycles. The molecule has 4 N–H and O–H groups in total. The molecule has 0 unspecified atom stereocenters. The summed E-state index contributed by atoms with van der Waals surface area (Å²) in [6, 6.07) is 7.14. The molecular weight excluding hydrogens is 210 g/mol. The number of anilines is 1. The van der Waals surface area contributed by atoms with Crippen molar-refractivity contribution in [2.75, 3.05) is 24.0 Å². The van der Waals surface area contributed by atoms with Crippen LogP contribution in [-0.2, 0) is 0 Å². The summed E-state index contributed by atoms with van der Waals surface area (Å²) in [6.07, 6.45) is 2.00. The van der Waals surface area contributed by atoms with Crippen molar-refractivity contribution < 1.29 is 4.79 Å². The lowest BCUT2D eigenvalue weighted by Crippen LogP contribution is -2.27. The standard InChI is InChI=1S/C10H15N3OS/c1-15-7-6-12-10(14)8-4-2-3-5-9(8)13-11/h2-5,13H,6-7,11H2,1H3,(H,12,14). The van der Waals surface area contributed by atoms with Gasteiger partial charge in [-0.3, -0.25) is 10.6 Å². The van der Waals surface area contributed by atoms with Crippen molar-refractivity contribution in [3.05, 3.63) is 29.8 Å². The first kappa shape index (κ1) is 11.9. The fraction of sp³-hybridized carbons (Fsp3) is 0.300. The number of benzene rings is 1. The third-order valence-electron chi connectivity index (χ3n) is 1.92. The van der Waals surface area contributed by atoms with Gasteiger partial charge in [-0.2, -0.15) is 11.8 Å². The Morgan fingerprint density at radius 3 is 2.87 bits per heavy atom. The van der Waals surface area contributed by atoms with Crippen LogP contribution in [-0.4, -0.2) is 24.5 Å². The quantitative estimate of drug-likeness (QED) is 0.398. The van der Waals surface area contributed by atoms with Gasteiger partial charge in [-0.25, -0.2) is 0 Å². The van der Waals surface area contributed by atoms with Crippen molar-refractivity contribution in [3.63, 3.8) is 0 Å². The highest BCUT2D eigenvalue weighted by atomic mass is 32.2. The average Bonchev–Trinajstić information content (AvgIpc) is 2.29. The first-order chi connectivity index (χ1) is 7.29. The normalized spacial score (nSPS) is 9.73. The van der Waals surface area contributed by atoms with E-state index in [1.54, 1.807) is 23.9 Å². The average molecular weight is 225 g/mol. The molecule has 0 spiro atoms. The lowest BCUT2D eigenvalue weighted by Gasteiger charge is -2.08. The second-order valence-electron chi connectivity index (χ2n) is 2.94. The number of hydrogen-bond acceptors (Lipinski definition) is 4. The fourth-order valence-corrected chi connectivity index (χ4v) is 1.48. The summed E-state index contributed by atoms with van der Waals surface area (Å²) in [6.45, 7) is 0.666. The van der Waals surface area contributed by atoms with Crippen LogP contribution in [0.5, 0.6) is 0 Å². The van der Waals surface area contributed by atoms with Crippen LogP contribution in [0.2, 0.25) is 0 Å². The van der Waals surface area contributed by atoms with E-state index in [0.29, 0.717) is 17.8 Å². The monoisotopic (exact) mass is 225 g/mol. The largest absolute Gasteiger partial charge is 0.351 e. The summed E-state index contributed by atoms with van der Waals surface area (Å²) in [7, 11) is 0. The van der Waals surface area contributed by atoms with Crippen LogP contribution in [0.15, 0.2) is 24.3 Å². The van der Waals surface area contributed by atoms with Crippen LogP contribution in [0, 0.1) is 0 Å². The van der Waals surface area contributed by atoms with E-state index in [-0.39, 0.29) is 5.91 Å². The Morgan fingerprint density at radius 1 is 1.47 bits per heavy atom. The van der Waals surface area contributed by atoms with Gasteiger partial charge in [0.2, 0.25) is 0 Å². The number of nitrogens with two attached hydrogens (primary N) is 1. The Bertz CT molecular complexity index is 330. The maximum Gasteiger partial charge on any atom is 0.253 e. The molecule has 0 heterocycles. The minimum Gasteiger partial charge on any atom is -0.351 e. The van der Waals surface area contributed by atoms with Gasteiger partial charge in [0.25, 0.3) is 5.91 Å². The molecule has 5 heteroatoms. The summed E-state index contributed by atoms with van der Waals surface area (Å²) in [5, 5.41) is 2.82. The minimum absolute atomic E-state index is 0.0994. The number of nitrogen functional groups attached to an aromatic ring is 1. The zero-order valence-corrected chi connectivity index (χ0v) is 9.43. The Kier molecular flexibility index (Phi) is 5.00. The van der Waals surface area contributed by atoms with Crippen LogP contribution in [0.1, 0.15) is 10.4 Å². The summed E-state index contributed by atoms with van der Waals surface area (Å²) in [5.74, 6) is 6.12. The van der Waals surface area contributed by atoms with E-state index in [4.69, 9.17) is 5.84 Å². The van der Waals surface area contributed by atoms with Gasteiger partial charge < -0.3 is 10.7 Å². The van der Waals surface area contributed by atoms with E-state index in [0.717, 1.165) is 5.75 Å². The van der Waals surface area contributed by atoms with Crippen LogP contribution in [0.4, 0.5) is 5.69 Å². The Hall–Kier alpha value is -1.20. The molecule has 0 fully saturated rings. The molecule has 0 saturated carbocycles. The van der Waals surface area contributed by atoms with Crippen molar-refractivity contribution in [1.82, 2.24) is 5.32 Å². The molecular formula is C10H15N3OS. The molecule has 82 valence electrons. The minimum atomic E-state index is -0.0994. The van der Waals surface area contributed by atoms with E-state index in [1.807, 2.05) is 18.4 Å². The zero-order valence-electron chi connectivity index (χ0n) is 8.62. The zero-order chi connectivity index (χ0) is 11.1. The number of para-hydroxylation sites is 1. The number of amides is 1. The molecule has 0 aliphatic heterocycles. The van der Waals surface area contributed by atoms with E-state index >= 15 is 0 Å². The lowest BCUT2D eigenvalue weighted by atomic mass is 10.1. The van der Waals surface area contributed by atoms with Crippen molar-refractivity contribution >= 4 is 23.4 Å². The van der Waals surface area contributed by atoms with Crippen molar-refractivity contribution in [2.24, 2.45) is 5.84 Å². The predicted molar refractivity (Wildman–Crippen MR) is 65.0 cm³/mol. The number of thioether (sulfide) groups is 1. The highest BCUT2D eigenvalue weighted by Crippen LogP contribution is 2.12. The molecule has 1 rings (SSSR count). The van der Waals surface area contributed by atoms with Crippen LogP contribution >= 0.6 is 11.8 Å². The first-order valence-corrected chi connectivity index (χ1v) is 6.01. The number of rotatable bonds is 5. The topological polar surface area (TPSA) is 67.2 Å². The molecule has 0 saturated heterocycles. The summed E-state index contributed by atoms with van der Waals surface area (Å²) in [5.41, 5.74) is 3.71. The van der Waals surface area contributed by atoms with Crippen LogP contribution in [0.25, 0.3) is 0 Å². The van der Waals surface area contributed by atoms with Gasteiger partial charge >= 0.3 is 0 Å². The van der Waals surface area contributed by atoms with Gasteiger partial charge in [-0.05, 0) is 18.4 Å². The van der Waals surface area contributed by atoms with Crippen molar-refractivity contribution in [2.45, 2.75) is 0 Å². The predicted octanol–water partition coefficient (Wildman–Crippen LogP) is 1.07. The highest BCUT2D eigenvalue weighted by molar-refractivity contribution is 7.98. The molecule has 4 nitrogen and oxygen atoms in total. The number of hydrogen-bond donors (Lipinski definition) is 3. The van der Waals surface area contributed by atoms with Gasteiger partial charge in [0.15, 0.2) is 0 Å². The van der Waals surface area contributed by atoms with E-state index in [1.165, 1.54) is 0 Å². The molecule has 0 radical (unpaired) electrons. The maximum atomic E-state index is 11.7. The number of carbonyl (C=O) groups is 1. The Balaban J connectivity index is 2.64. The van der Waals surface area contributed by atoms with Crippen molar-refractivity contribution in [3.8, 4) is 0 Å². The smallest absolute Gasteiger partial charge is 0.253 e. The molecule has 0 aliphatic rings. The highest BCUT2D eigenvalue weighted by Gasteiger charge is 2.08. The summed E-state index contributed by atoms with van der Waals surface area (Å²) < 4.78 is 0. The third kappa shape index (κ3) is 3.45. The van der Waals surface area contributed by atoms with E-state index in [9.17, 15) is 4.79 Å². The van der Waals surface area contributed by atoms with Gasteiger partial charge in [-0.1, -0.05) is 12.1 Å². The molecule has 0 bridgehead atoms. The lowest BCUT2D eigenvalue weighted by molar-refractivity contribution is 0.0957. The third-order valence-corrected chi connectivity index (χ3v) is 2.53. The van der Waals surface area contributed by atoms with Gasteiger partial charge in [0.1, 0.15) is 0 Å². The Labute approximate surface area is 93.6 Å². The van der Waals surface area contributed by atoms with E-state index < -0.39 is 0 Å². The van der Waals surface area contributed by atoms with Crippen LogP contribution < -0.4 is 16.6 Å². The number of hydrazine groups is 1. The summed E-state index contributed by atoms with van der Waals surface area (Å²) in [4.78, 5) is 11.7. The van der Waals surface area contributed by atoms with Crippen molar-refractivity contribution in [1.29, 1.82) is 0 Å². The fourth-order valence-electron chi connectivity index (χ4n) is 1.17. The maximum absolute atomic E-state index is 11.7. The molecule has 15 heavy (non-hydrogen) atoms. The van der Waals surface area contributed by atoms with Gasteiger partial charge in [0.05, 0.1) is 11.3 Å². The Morgan fingerprint density at radius 2 is 2.20 bits per heavy atom. The summed E-state index contributed by atoms with van der Waals surface area (Å²) >= 11 is 1.69. The number of nitrogens with one attached hydrogen (secondary N) is 2. The molecule has 0 atom stereocenters. The molecule has 0 aliphatic carbocycles. The van der Waals surface area contributed by atoms with Gasteiger partial charge in [-0.15, -0.1) is 0 Å². The molecule has 1 amide bonds. The van der Waals surface area contributed by atoms with E-state index in [2.05, 4.69) is 10.7 Å². The molecule has 1 aromatic rings. The number of carbonyl (C=O) groups excluding carboxylic acids is 1. The van der Waals surface area contributed by atoms with Crippen LogP contribution in [0.3, 0.4) is 0 Å².